The van der Waals surface area contributed by atoms with Crippen LogP contribution in [0.5, 0.6) is 0 Å². The third-order valence-corrected chi connectivity index (χ3v) is 11.0. The third kappa shape index (κ3) is 4.97. The Bertz CT molecular complexity index is 2970. The molecule has 3 aromatic heterocycles. The van der Waals surface area contributed by atoms with E-state index in [9.17, 15) is 5.26 Å². The zero-order valence-corrected chi connectivity index (χ0v) is 28.7. The highest BCUT2D eigenvalue weighted by atomic mass is 32.1. The zero-order chi connectivity index (χ0) is 34.6. The molecule has 0 aliphatic heterocycles. The van der Waals surface area contributed by atoms with Crippen LogP contribution >= 0.6 is 11.3 Å². The summed E-state index contributed by atoms with van der Waals surface area (Å²) in [5.41, 5.74) is 10.5. The van der Waals surface area contributed by atoms with Gasteiger partial charge in [-0.05, 0) is 65.7 Å². The lowest BCUT2D eigenvalue weighted by Gasteiger charge is -2.15. The molecule has 5 heteroatoms. The number of hydrogen-bond donors (Lipinski definition) is 0. The molecule has 52 heavy (non-hydrogen) atoms. The molecule has 3 heterocycles. The fraction of sp³-hybridized carbons (Fsp3) is 0. The Morgan fingerprint density at radius 1 is 0.481 bits per heavy atom. The lowest BCUT2D eigenvalue weighted by atomic mass is 9.98. The van der Waals surface area contributed by atoms with Gasteiger partial charge in [0.2, 0.25) is 0 Å². The molecule has 0 radical (unpaired) electrons. The number of hydrogen-bond acceptors (Lipinski definition) is 4. The molecule has 0 unspecified atom stereocenters. The predicted octanol–water partition coefficient (Wildman–Crippen LogP) is 12.5. The molecule has 0 aliphatic rings. The highest BCUT2D eigenvalue weighted by Crippen LogP contribution is 2.44. The molecule has 0 atom stereocenters. The predicted molar refractivity (Wildman–Crippen MR) is 216 cm³/mol. The number of benzene rings is 7. The molecule has 10 rings (SSSR count). The molecule has 7 aromatic carbocycles. The van der Waals surface area contributed by atoms with Gasteiger partial charge in [-0.15, -0.1) is 11.3 Å². The van der Waals surface area contributed by atoms with Gasteiger partial charge in [0.15, 0.2) is 5.82 Å². The average Bonchev–Trinajstić information content (AvgIpc) is 3.77. The maximum absolute atomic E-state index is 9.83. The third-order valence-electron chi connectivity index (χ3n) is 9.80. The van der Waals surface area contributed by atoms with Crippen LogP contribution in [0.4, 0.5) is 0 Å². The number of nitriles is 1. The van der Waals surface area contributed by atoms with Crippen LogP contribution < -0.4 is 0 Å². The summed E-state index contributed by atoms with van der Waals surface area (Å²) in [5.74, 6) is 0.666. The number of aromatic nitrogens is 3. The van der Waals surface area contributed by atoms with Crippen molar-refractivity contribution in [3.8, 4) is 56.8 Å². The van der Waals surface area contributed by atoms with Gasteiger partial charge >= 0.3 is 0 Å². The van der Waals surface area contributed by atoms with Crippen molar-refractivity contribution in [2.45, 2.75) is 0 Å². The molecular formula is C47H28N4S. The molecule has 0 spiro atoms. The van der Waals surface area contributed by atoms with E-state index in [2.05, 4.69) is 126 Å². The molecule has 0 aliphatic carbocycles. The second-order valence-corrected chi connectivity index (χ2v) is 14.0. The summed E-state index contributed by atoms with van der Waals surface area (Å²) in [5, 5.41) is 14.9. The van der Waals surface area contributed by atoms with Crippen LogP contribution in [-0.4, -0.2) is 14.5 Å². The van der Waals surface area contributed by atoms with E-state index in [1.165, 1.54) is 30.9 Å². The van der Waals surface area contributed by atoms with E-state index in [4.69, 9.17) is 9.97 Å². The lowest BCUT2D eigenvalue weighted by Crippen LogP contribution is -1.99. The van der Waals surface area contributed by atoms with Gasteiger partial charge in [0.05, 0.1) is 34.1 Å². The van der Waals surface area contributed by atoms with Gasteiger partial charge in [-0.3, -0.25) is 0 Å². The lowest BCUT2D eigenvalue weighted by molar-refractivity contribution is 1.16. The van der Waals surface area contributed by atoms with Crippen LogP contribution in [0.15, 0.2) is 170 Å². The number of nitrogens with zero attached hydrogens (tertiary/aromatic N) is 4. The number of rotatable bonds is 5. The van der Waals surface area contributed by atoms with E-state index >= 15 is 0 Å². The average molecular weight is 681 g/mol. The first-order valence-electron chi connectivity index (χ1n) is 17.2. The smallest absolute Gasteiger partial charge is 0.160 e. The van der Waals surface area contributed by atoms with Crippen molar-refractivity contribution in [1.82, 2.24) is 14.5 Å². The maximum Gasteiger partial charge on any atom is 0.160 e. The van der Waals surface area contributed by atoms with Gasteiger partial charge < -0.3 is 4.57 Å². The van der Waals surface area contributed by atoms with Crippen molar-refractivity contribution >= 4 is 53.3 Å². The number of thiophene rings is 1. The summed E-state index contributed by atoms with van der Waals surface area (Å²) in [6.45, 7) is 0. The second kappa shape index (κ2) is 12.2. The minimum absolute atomic E-state index is 0.619. The first kappa shape index (κ1) is 30.0. The first-order chi connectivity index (χ1) is 25.7. The molecule has 0 fully saturated rings. The van der Waals surface area contributed by atoms with Crippen LogP contribution in [-0.2, 0) is 0 Å². The van der Waals surface area contributed by atoms with Gasteiger partial charge in [0.1, 0.15) is 0 Å². The minimum atomic E-state index is 0.619. The molecule has 0 saturated carbocycles. The highest BCUT2D eigenvalue weighted by molar-refractivity contribution is 7.26. The summed E-state index contributed by atoms with van der Waals surface area (Å²) in [4.78, 5) is 10.3. The van der Waals surface area contributed by atoms with E-state index < -0.39 is 0 Å². The number of fused-ring (bicyclic) bond motifs is 7. The topological polar surface area (TPSA) is 54.5 Å². The Balaban J connectivity index is 1.28. The molecule has 0 saturated heterocycles. The molecule has 10 aromatic rings. The van der Waals surface area contributed by atoms with Crippen molar-refractivity contribution in [2.24, 2.45) is 0 Å². The van der Waals surface area contributed by atoms with Crippen LogP contribution in [0, 0.1) is 11.3 Å². The fourth-order valence-electron chi connectivity index (χ4n) is 7.40. The Morgan fingerprint density at radius 3 is 1.96 bits per heavy atom. The van der Waals surface area contributed by atoms with Crippen LogP contribution in [0.25, 0.3) is 92.7 Å². The molecular weight excluding hydrogens is 653 g/mol. The van der Waals surface area contributed by atoms with Crippen LogP contribution in [0.2, 0.25) is 0 Å². The summed E-state index contributed by atoms with van der Waals surface area (Å²) in [6, 6.07) is 61.2. The van der Waals surface area contributed by atoms with Gasteiger partial charge in [-0.2, -0.15) is 5.26 Å². The van der Waals surface area contributed by atoms with Crippen LogP contribution in [0.1, 0.15) is 5.56 Å². The fourth-order valence-corrected chi connectivity index (χ4v) is 8.66. The Morgan fingerprint density at radius 2 is 1.15 bits per heavy atom. The van der Waals surface area contributed by atoms with Crippen LogP contribution in [0.3, 0.4) is 0 Å². The Labute approximate surface area is 304 Å². The van der Waals surface area contributed by atoms with E-state index in [-0.39, 0.29) is 0 Å². The summed E-state index contributed by atoms with van der Waals surface area (Å²) in [7, 11) is 0. The van der Waals surface area contributed by atoms with E-state index in [1.807, 2.05) is 65.9 Å². The summed E-state index contributed by atoms with van der Waals surface area (Å²) >= 11 is 1.86. The standard InChI is InChI=1S/C47H28N4S/c48-29-30-12-11-17-33(24-30)34-25-35(41-28-40(31-13-3-1-4-14-31)49-47(50-41)32-15-5-2-6-16-32)27-36(26-34)51-42-20-9-7-19-39(42)45-43(51)23-22-38-37-18-8-10-21-44(37)52-46(38)45/h1-28H. The monoisotopic (exact) mass is 680 g/mol. The van der Waals surface area contributed by atoms with Crippen molar-refractivity contribution in [3.05, 3.63) is 175 Å². The van der Waals surface area contributed by atoms with Gasteiger partial charge in [0.25, 0.3) is 0 Å². The van der Waals surface area contributed by atoms with E-state index in [0.29, 0.717) is 11.4 Å². The van der Waals surface area contributed by atoms with E-state index in [0.717, 1.165) is 55.9 Å². The molecule has 4 nitrogen and oxygen atoms in total. The highest BCUT2D eigenvalue weighted by Gasteiger charge is 2.19. The normalized spacial score (nSPS) is 11.4. The second-order valence-electron chi connectivity index (χ2n) is 12.9. The maximum atomic E-state index is 9.83. The SMILES string of the molecule is N#Cc1cccc(-c2cc(-c3cc(-c4ccccc4)nc(-c4ccccc4)n3)cc(-n3c4ccccc4c4c5sc6ccccc6c5ccc43)c2)c1. The molecule has 0 N–H and O–H groups in total. The molecule has 242 valence electrons. The summed E-state index contributed by atoms with van der Waals surface area (Å²) in [6.07, 6.45) is 0. The quantitative estimate of drug-likeness (QED) is 0.182. The molecule has 0 bridgehead atoms. The van der Waals surface area contributed by atoms with Gasteiger partial charge in [-0.25, -0.2) is 9.97 Å². The molecule has 0 amide bonds. The largest absolute Gasteiger partial charge is 0.309 e. The summed E-state index contributed by atoms with van der Waals surface area (Å²) < 4.78 is 4.96. The van der Waals surface area contributed by atoms with Crippen molar-refractivity contribution < 1.29 is 0 Å². The van der Waals surface area contributed by atoms with Crippen molar-refractivity contribution in [2.75, 3.05) is 0 Å². The zero-order valence-electron chi connectivity index (χ0n) is 27.9. The minimum Gasteiger partial charge on any atom is -0.309 e. The Hall–Kier alpha value is -6.87. The van der Waals surface area contributed by atoms with E-state index in [1.54, 1.807) is 0 Å². The van der Waals surface area contributed by atoms with Gasteiger partial charge in [-0.1, -0.05) is 115 Å². The van der Waals surface area contributed by atoms with Gasteiger partial charge in [0, 0.05) is 53.3 Å². The number of para-hydroxylation sites is 1. The first-order valence-corrected chi connectivity index (χ1v) is 18.0. The van der Waals surface area contributed by atoms with Crippen molar-refractivity contribution in [3.63, 3.8) is 0 Å². The van der Waals surface area contributed by atoms with Crippen molar-refractivity contribution in [1.29, 1.82) is 5.26 Å². The Kier molecular flexibility index (Phi) is 7.02.